The molecule has 180 valence electrons. The average Bonchev–Trinajstić information content (AvgIpc) is 3.25. The van der Waals surface area contributed by atoms with Crippen LogP contribution in [0.3, 0.4) is 0 Å². The average molecular weight is 508 g/mol. The summed E-state index contributed by atoms with van der Waals surface area (Å²) in [6.07, 6.45) is 3.42. The topological polar surface area (TPSA) is 81.1 Å². The number of benzene rings is 3. The van der Waals surface area contributed by atoms with Crippen molar-refractivity contribution in [3.05, 3.63) is 76.3 Å². The van der Waals surface area contributed by atoms with Crippen LogP contribution in [-0.4, -0.2) is 33.1 Å². The van der Waals surface area contributed by atoms with E-state index >= 15 is 0 Å². The molecule has 2 N–H and O–H groups in total. The van der Waals surface area contributed by atoms with E-state index in [-0.39, 0.29) is 5.11 Å². The summed E-state index contributed by atoms with van der Waals surface area (Å²) < 4.78 is 5.25. The number of aryl methyl sites for hydroxylation is 2. The minimum absolute atomic E-state index is 0.148. The quantitative estimate of drug-likeness (QED) is 0.305. The normalized spacial score (nSPS) is 10.9. The van der Waals surface area contributed by atoms with Crippen LogP contribution < -0.4 is 15.4 Å². The lowest BCUT2D eigenvalue weighted by molar-refractivity contribution is 0.0974. The van der Waals surface area contributed by atoms with E-state index in [1.54, 1.807) is 16.9 Å². The number of nitrogens with one attached hydrogen (secondary N) is 2. The largest absolute Gasteiger partial charge is 0.496 e. The van der Waals surface area contributed by atoms with Crippen molar-refractivity contribution >= 4 is 51.6 Å². The molecule has 0 saturated carbocycles. The second-order valence-electron chi connectivity index (χ2n) is 8.17. The zero-order valence-electron chi connectivity index (χ0n) is 19.8. The molecule has 4 rings (SSSR count). The Labute approximate surface area is 214 Å². The molecule has 1 amide bonds. The number of unbranched alkanes of at least 4 members (excludes halogenated alkanes) is 1. The van der Waals surface area contributed by atoms with Gasteiger partial charge in [-0.2, -0.15) is 4.80 Å². The van der Waals surface area contributed by atoms with Crippen molar-refractivity contribution in [2.45, 2.75) is 33.1 Å². The Kier molecular flexibility index (Phi) is 7.63. The number of thiocarbonyl (C=S) groups is 1. The van der Waals surface area contributed by atoms with Crippen LogP contribution in [0.1, 0.15) is 41.3 Å². The van der Waals surface area contributed by atoms with Crippen LogP contribution in [0.4, 0.5) is 5.69 Å². The molecule has 1 aromatic heterocycles. The van der Waals surface area contributed by atoms with E-state index < -0.39 is 5.91 Å². The minimum atomic E-state index is -0.422. The van der Waals surface area contributed by atoms with Gasteiger partial charge >= 0.3 is 0 Å². The molecule has 0 spiro atoms. The van der Waals surface area contributed by atoms with E-state index in [1.807, 2.05) is 31.2 Å². The van der Waals surface area contributed by atoms with E-state index in [1.165, 1.54) is 31.6 Å². The maximum absolute atomic E-state index is 12.7. The molecule has 0 fully saturated rings. The smallest absolute Gasteiger partial charge is 0.261 e. The van der Waals surface area contributed by atoms with Gasteiger partial charge in [0.1, 0.15) is 16.8 Å². The van der Waals surface area contributed by atoms with Crippen molar-refractivity contribution in [2.75, 3.05) is 12.4 Å². The number of carbonyl (C=O) groups excluding carboxylic acids is 1. The third-order valence-corrected chi connectivity index (χ3v) is 6.03. The Morgan fingerprint density at radius 2 is 1.80 bits per heavy atom. The number of fused-ring (bicyclic) bond motifs is 1. The Bertz CT molecular complexity index is 1380. The van der Waals surface area contributed by atoms with Gasteiger partial charge in [-0.05, 0) is 85.6 Å². The summed E-state index contributed by atoms with van der Waals surface area (Å²) in [6.45, 7) is 4.13. The van der Waals surface area contributed by atoms with E-state index in [4.69, 9.17) is 28.6 Å². The highest BCUT2D eigenvalue weighted by molar-refractivity contribution is 7.80. The van der Waals surface area contributed by atoms with Crippen LogP contribution in [0.25, 0.3) is 16.7 Å². The number of halogens is 1. The Morgan fingerprint density at radius 1 is 1.09 bits per heavy atom. The van der Waals surface area contributed by atoms with Crippen LogP contribution in [0.15, 0.2) is 54.6 Å². The number of hydrogen-bond donors (Lipinski definition) is 2. The number of ether oxygens (including phenoxy) is 1. The van der Waals surface area contributed by atoms with Gasteiger partial charge in [-0.1, -0.05) is 37.1 Å². The molecule has 4 aromatic rings. The van der Waals surface area contributed by atoms with Crippen molar-refractivity contribution in [1.82, 2.24) is 20.3 Å². The molecule has 0 aliphatic heterocycles. The summed E-state index contributed by atoms with van der Waals surface area (Å²) in [5.41, 5.74) is 5.60. The summed E-state index contributed by atoms with van der Waals surface area (Å²) >= 11 is 11.4. The highest BCUT2D eigenvalue weighted by Crippen LogP contribution is 2.24. The van der Waals surface area contributed by atoms with Gasteiger partial charge in [0.15, 0.2) is 5.11 Å². The molecule has 35 heavy (non-hydrogen) atoms. The Morgan fingerprint density at radius 3 is 2.49 bits per heavy atom. The molecule has 0 unspecified atom stereocenters. The maximum Gasteiger partial charge on any atom is 0.261 e. The molecule has 0 aliphatic carbocycles. The molecule has 0 saturated heterocycles. The van der Waals surface area contributed by atoms with Crippen molar-refractivity contribution in [1.29, 1.82) is 0 Å². The van der Waals surface area contributed by atoms with Crippen LogP contribution in [-0.2, 0) is 6.42 Å². The minimum Gasteiger partial charge on any atom is -0.496 e. The van der Waals surface area contributed by atoms with Gasteiger partial charge in [0, 0.05) is 10.7 Å². The van der Waals surface area contributed by atoms with Crippen LogP contribution in [0.5, 0.6) is 5.75 Å². The predicted molar refractivity (Wildman–Crippen MR) is 144 cm³/mol. The molecule has 0 bridgehead atoms. The first-order valence-corrected chi connectivity index (χ1v) is 12.1. The van der Waals surface area contributed by atoms with E-state index in [0.717, 1.165) is 28.9 Å². The molecule has 1 heterocycles. The van der Waals surface area contributed by atoms with Crippen molar-refractivity contribution in [3.63, 3.8) is 0 Å². The molecular formula is C26H26ClN5O2S. The standard InChI is InChI=1S/C26H26ClN5O2S/c1-4-5-6-17-7-10-19(11-8-17)32-30-22-13-16(2)21(15-23(22)31-32)28-26(35)29-25(33)20-14-18(27)9-12-24(20)34-3/h7-15H,4-6H2,1-3H3,(H2,28,29,33,35). The first kappa shape index (κ1) is 24.6. The zero-order chi connectivity index (χ0) is 24.9. The maximum atomic E-state index is 12.7. The number of aromatic nitrogens is 3. The SMILES string of the molecule is CCCCc1ccc(-n2nc3cc(C)c(NC(=S)NC(=O)c4cc(Cl)ccc4OC)cc3n2)cc1. The second-order valence-corrected chi connectivity index (χ2v) is 9.01. The molecule has 9 heteroatoms. The lowest BCUT2D eigenvalue weighted by Crippen LogP contribution is -2.34. The van der Waals surface area contributed by atoms with Gasteiger partial charge in [0.25, 0.3) is 5.91 Å². The predicted octanol–water partition coefficient (Wildman–Crippen LogP) is 5.86. The molecule has 0 atom stereocenters. The number of amides is 1. The number of hydrogen-bond acceptors (Lipinski definition) is 5. The van der Waals surface area contributed by atoms with Crippen LogP contribution >= 0.6 is 23.8 Å². The lowest BCUT2D eigenvalue weighted by Gasteiger charge is -2.13. The molecular weight excluding hydrogens is 482 g/mol. The van der Waals surface area contributed by atoms with Gasteiger partial charge < -0.3 is 10.1 Å². The fourth-order valence-corrected chi connectivity index (χ4v) is 4.05. The van der Waals surface area contributed by atoms with Gasteiger partial charge in [-0.25, -0.2) is 0 Å². The fourth-order valence-electron chi connectivity index (χ4n) is 3.68. The molecule has 0 aliphatic rings. The number of methoxy groups -OCH3 is 1. The summed E-state index contributed by atoms with van der Waals surface area (Å²) in [4.78, 5) is 14.3. The second kappa shape index (κ2) is 10.8. The summed E-state index contributed by atoms with van der Waals surface area (Å²) in [5.74, 6) is -0.0174. The third kappa shape index (κ3) is 5.78. The van der Waals surface area contributed by atoms with Gasteiger partial charge in [0.05, 0.1) is 18.4 Å². The summed E-state index contributed by atoms with van der Waals surface area (Å²) in [6, 6.07) is 16.9. The highest BCUT2D eigenvalue weighted by Gasteiger charge is 2.15. The Hall–Kier alpha value is -3.49. The number of nitrogens with zero attached hydrogens (tertiary/aromatic N) is 3. The highest BCUT2D eigenvalue weighted by atomic mass is 35.5. The lowest BCUT2D eigenvalue weighted by atomic mass is 10.1. The molecule has 3 aromatic carbocycles. The fraction of sp³-hybridized carbons (Fsp3) is 0.231. The van der Waals surface area contributed by atoms with Crippen molar-refractivity contribution in [3.8, 4) is 11.4 Å². The molecule has 0 radical (unpaired) electrons. The monoisotopic (exact) mass is 507 g/mol. The van der Waals surface area contributed by atoms with Crippen molar-refractivity contribution in [2.24, 2.45) is 0 Å². The van der Waals surface area contributed by atoms with Crippen LogP contribution in [0.2, 0.25) is 5.02 Å². The first-order chi connectivity index (χ1) is 16.9. The van der Waals surface area contributed by atoms with Crippen LogP contribution in [0, 0.1) is 6.92 Å². The summed E-state index contributed by atoms with van der Waals surface area (Å²) in [7, 11) is 1.49. The van der Waals surface area contributed by atoms with Gasteiger partial charge in [-0.15, -0.1) is 10.2 Å². The summed E-state index contributed by atoms with van der Waals surface area (Å²) in [5, 5.41) is 15.6. The molecule has 7 nitrogen and oxygen atoms in total. The Balaban J connectivity index is 1.50. The zero-order valence-corrected chi connectivity index (χ0v) is 21.3. The van der Waals surface area contributed by atoms with Gasteiger partial charge in [-0.3, -0.25) is 10.1 Å². The number of carbonyl (C=O) groups is 1. The van der Waals surface area contributed by atoms with E-state index in [2.05, 4.69) is 39.9 Å². The first-order valence-electron chi connectivity index (χ1n) is 11.3. The van der Waals surface area contributed by atoms with Crippen molar-refractivity contribution < 1.29 is 9.53 Å². The third-order valence-electron chi connectivity index (χ3n) is 5.59. The number of rotatable bonds is 7. The van der Waals surface area contributed by atoms with E-state index in [9.17, 15) is 4.79 Å². The number of anilines is 1. The van der Waals surface area contributed by atoms with E-state index in [0.29, 0.717) is 21.9 Å². The van der Waals surface area contributed by atoms with Gasteiger partial charge in [0.2, 0.25) is 0 Å².